The maximum Gasteiger partial charge on any atom is 0.0314 e. The molecule has 1 atom stereocenters. The number of aryl methyl sites for hydroxylation is 2. The van der Waals surface area contributed by atoms with Gasteiger partial charge < -0.3 is 11.5 Å². The molecule has 1 unspecified atom stereocenters. The molecule has 0 aromatic heterocycles. The number of hydrogen-bond acceptors (Lipinski definition) is 2. The zero-order valence-electron chi connectivity index (χ0n) is 10.2. The average molecular weight is 206 g/mol. The second kappa shape index (κ2) is 4.33. The van der Waals surface area contributed by atoms with Gasteiger partial charge >= 0.3 is 0 Å². The van der Waals surface area contributed by atoms with E-state index in [0.717, 1.165) is 6.42 Å². The van der Waals surface area contributed by atoms with Gasteiger partial charge in [0, 0.05) is 11.6 Å². The van der Waals surface area contributed by atoms with Gasteiger partial charge in [-0.3, -0.25) is 0 Å². The van der Waals surface area contributed by atoms with Gasteiger partial charge in [-0.1, -0.05) is 23.8 Å². The molecule has 2 nitrogen and oxygen atoms in total. The molecule has 1 aromatic rings. The Morgan fingerprint density at radius 2 is 1.87 bits per heavy atom. The third kappa shape index (κ3) is 3.65. The third-order valence-corrected chi connectivity index (χ3v) is 2.57. The second-order valence-electron chi connectivity index (χ2n) is 5.16. The lowest BCUT2D eigenvalue weighted by molar-refractivity contribution is 0.428. The smallest absolute Gasteiger partial charge is 0.0314 e. The van der Waals surface area contributed by atoms with Crippen LogP contribution in [0, 0.1) is 13.8 Å². The van der Waals surface area contributed by atoms with Crippen LogP contribution in [0.3, 0.4) is 0 Å². The molecule has 4 N–H and O–H groups in total. The van der Waals surface area contributed by atoms with Gasteiger partial charge in [-0.05, 0) is 45.2 Å². The summed E-state index contributed by atoms with van der Waals surface area (Å²) in [6.07, 6.45) is 0.802. The molecule has 0 spiro atoms. The molecule has 2 heteroatoms. The Morgan fingerprint density at radius 1 is 1.27 bits per heavy atom. The van der Waals surface area contributed by atoms with E-state index in [1.165, 1.54) is 16.7 Å². The summed E-state index contributed by atoms with van der Waals surface area (Å²) < 4.78 is 0. The Morgan fingerprint density at radius 3 is 2.33 bits per heavy atom. The molecule has 0 heterocycles. The van der Waals surface area contributed by atoms with Crippen molar-refractivity contribution < 1.29 is 0 Å². The molecule has 0 amide bonds. The molecule has 0 fully saturated rings. The molecule has 1 rings (SSSR count). The predicted octanol–water partition coefficient (Wildman–Crippen LogP) is 2.43. The molecule has 0 bridgehead atoms. The van der Waals surface area contributed by atoms with Crippen LogP contribution in [0.15, 0.2) is 18.2 Å². The van der Waals surface area contributed by atoms with Gasteiger partial charge in [0.2, 0.25) is 0 Å². The van der Waals surface area contributed by atoms with Crippen LogP contribution in [-0.2, 0) is 0 Å². The lowest BCUT2D eigenvalue weighted by atomic mass is 9.90. The van der Waals surface area contributed by atoms with E-state index in [0.29, 0.717) is 0 Å². The van der Waals surface area contributed by atoms with E-state index >= 15 is 0 Å². The predicted molar refractivity (Wildman–Crippen MR) is 65.7 cm³/mol. The lowest BCUT2D eigenvalue weighted by Gasteiger charge is -2.24. The third-order valence-electron chi connectivity index (χ3n) is 2.57. The van der Waals surface area contributed by atoms with Gasteiger partial charge in [0.05, 0.1) is 0 Å². The molecule has 0 radical (unpaired) electrons. The fraction of sp³-hybridized carbons (Fsp3) is 0.538. The molecule has 1 aromatic carbocycles. The van der Waals surface area contributed by atoms with E-state index in [1.54, 1.807) is 0 Å². The highest BCUT2D eigenvalue weighted by Gasteiger charge is 2.18. The van der Waals surface area contributed by atoms with Crippen molar-refractivity contribution in [2.45, 2.75) is 45.7 Å². The van der Waals surface area contributed by atoms with Crippen LogP contribution in [0.5, 0.6) is 0 Å². The molecule has 84 valence electrons. The van der Waals surface area contributed by atoms with Crippen LogP contribution in [0.4, 0.5) is 0 Å². The topological polar surface area (TPSA) is 52.0 Å². The maximum absolute atomic E-state index is 6.15. The first-order valence-electron chi connectivity index (χ1n) is 5.41. The van der Waals surface area contributed by atoms with E-state index in [-0.39, 0.29) is 11.6 Å². The summed E-state index contributed by atoms with van der Waals surface area (Å²) in [7, 11) is 0. The van der Waals surface area contributed by atoms with Crippen LogP contribution in [0.1, 0.15) is 43.0 Å². The number of benzene rings is 1. The van der Waals surface area contributed by atoms with Crippen LogP contribution in [0.25, 0.3) is 0 Å². The van der Waals surface area contributed by atoms with E-state index in [1.807, 2.05) is 13.8 Å². The van der Waals surface area contributed by atoms with Crippen LogP contribution in [-0.4, -0.2) is 5.54 Å². The normalized spacial score (nSPS) is 14.0. The first-order chi connectivity index (χ1) is 6.79. The SMILES string of the molecule is Cc1ccc(C(N)CC(C)(C)N)c(C)c1. The fourth-order valence-electron chi connectivity index (χ4n) is 1.92. The van der Waals surface area contributed by atoms with Gasteiger partial charge in [0.15, 0.2) is 0 Å². The Balaban J connectivity index is 2.87. The molecular weight excluding hydrogens is 184 g/mol. The largest absolute Gasteiger partial charge is 0.325 e. The Bertz CT molecular complexity index is 337. The van der Waals surface area contributed by atoms with Crippen molar-refractivity contribution in [1.82, 2.24) is 0 Å². The first-order valence-corrected chi connectivity index (χ1v) is 5.41. The van der Waals surface area contributed by atoms with Gasteiger partial charge in [-0.2, -0.15) is 0 Å². The van der Waals surface area contributed by atoms with Crippen molar-refractivity contribution in [3.8, 4) is 0 Å². The first kappa shape index (κ1) is 12.2. The molecular formula is C13H22N2. The van der Waals surface area contributed by atoms with E-state index in [2.05, 4.69) is 32.0 Å². The highest BCUT2D eigenvalue weighted by molar-refractivity contribution is 5.32. The highest BCUT2D eigenvalue weighted by Crippen LogP contribution is 2.23. The number of hydrogen-bond donors (Lipinski definition) is 2. The summed E-state index contributed by atoms with van der Waals surface area (Å²) in [6.45, 7) is 8.22. The average Bonchev–Trinajstić information content (AvgIpc) is 1.99. The lowest BCUT2D eigenvalue weighted by Crippen LogP contribution is -2.36. The van der Waals surface area contributed by atoms with Gasteiger partial charge in [-0.25, -0.2) is 0 Å². The molecule has 0 aliphatic heterocycles. The van der Waals surface area contributed by atoms with Crippen LogP contribution < -0.4 is 11.5 Å². The van der Waals surface area contributed by atoms with Gasteiger partial charge in [-0.15, -0.1) is 0 Å². The molecule has 0 aliphatic carbocycles. The zero-order chi connectivity index (χ0) is 11.6. The van der Waals surface area contributed by atoms with Crippen molar-refractivity contribution >= 4 is 0 Å². The Kier molecular flexibility index (Phi) is 3.53. The number of rotatable bonds is 3. The Hall–Kier alpha value is -0.860. The minimum atomic E-state index is -0.212. The highest BCUT2D eigenvalue weighted by atomic mass is 14.7. The van der Waals surface area contributed by atoms with Crippen molar-refractivity contribution in [2.24, 2.45) is 11.5 Å². The summed E-state index contributed by atoms with van der Waals surface area (Å²) in [6, 6.07) is 6.41. The van der Waals surface area contributed by atoms with Crippen molar-refractivity contribution in [3.05, 3.63) is 34.9 Å². The summed E-state index contributed by atoms with van der Waals surface area (Å²) >= 11 is 0. The summed E-state index contributed by atoms with van der Waals surface area (Å²) in [5, 5.41) is 0. The van der Waals surface area contributed by atoms with Gasteiger partial charge in [0.1, 0.15) is 0 Å². The van der Waals surface area contributed by atoms with E-state index in [4.69, 9.17) is 11.5 Å². The molecule has 0 saturated heterocycles. The zero-order valence-corrected chi connectivity index (χ0v) is 10.2. The quantitative estimate of drug-likeness (QED) is 0.798. The second-order valence-corrected chi connectivity index (χ2v) is 5.16. The summed E-state index contributed by atoms with van der Waals surface area (Å²) in [5.41, 5.74) is 15.7. The summed E-state index contributed by atoms with van der Waals surface area (Å²) in [5.74, 6) is 0. The Labute approximate surface area is 92.7 Å². The maximum atomic E-state index is 6.15. The standard InChI is InChI=1S/C13H22N2/c1-9-5-6-11(10(2)7-9)12(14)8-13(3,4)15/h5-7,12H,8,14-15H2,1-4H3. The molecule has 0 aliphatic rings. The van der Waals surface area contributed by atoms with Crippen molar-refractivity contribution in [3.63, 3.8) is 0 Å². The van der Waals surface area contributed by atoms with Crippen LogP contribution in [0.2, 0.25) is 0 Å². The number of nitrogens with two attached hydrogens (primary N) is 2. The van der Waals surface area contributed by atoms with E-state index < -0.39 is 0 Å². The van der Waals surface area contributed by atoms with Crippen LogP contribution >= 0.6 is 0 Å². The molecule has 0 saturated carbocycles. The van der Waals surface area contributed by atoms with Gasteiger partial charge in [0.25, 0.3) is 0 Å². The molecule has 15 heavy (non-hydrogen) atoms. The summed E-state index contributed by atoms with van der Waals surface area (Å²) in [4.78, 5) is 0. The van der Waals surface area contributed by atoms with E-state index in [9.17, 15) is 0 Å². The fourth-order valence-corrected chi connectivity index (χ4v) is 1.92. The monoisotopic (exact) mass is 206 g/mol. The minimum Gasteiger partial charge on any atom is -0.325 e. The van der Waals surface area contributed by atoms with Crippen molar-refractivity contribution in [2.75, 3.05) is 0 Å². The van der Waals surface area contributed by atoms with Crippen molar-refractivity contribution in [1.29, 1.82) is 0 Å². The minimum absolute atomic E-state index is 0.0330.